The van der Waals surface area contributed by atoms with E-state index in [-0.39, 0.29) is 11.1 Å². The second-order valence-electron chi connectivity index (χ2n) is 7.42. The number of nitrogens with zero attached hydrogens (tertiary/aromatic N) is 2. The summed E-state index contributed by atoms with van der Waals surface area (Å²) in [6.45, 7) is 5.52. The van der Waals surface area contributed by atoms with Crippen LogP contribution >= 0.6 is 11.6 Å². The minimum Gasteiger partial charge on any atom is -0.488 e. The fourth-order valence-electron chi connectivity index (χ4n) is 3.46. The third-order valence-corrected chi connectivity index (χ3v) is 5.42. The first-order valence-electron chi connectivity index (χ1n) is 10.7. The van der Waals surface area contributed by atoms with Gasteiger partial charge in [-0.15, -0.1) is 0 Å². The summed E-state index contributed by atoms with van der Waals surface area (Å²) in [5.74, 6) is 1.36. The van der Waals surface area contributed by atoms with Crippen LogP contribution in [0.2, 0.25) is 5.02 Å². The SMILES string of the molecule is CCNCCOc1cc2ncnc(Nc3ccc(F)c(Cl)c3)c2cc1OC1CCOCC1. The minimum atomic E-state index is -0.476. The average molecular weight is 461 g/mol. The highest BCUT2D eigenvalue weighted by atomic mass is 35.5. The summed E-state index contributed by atoms with van der Waals surface area (Å²) in [6, 6.07) is 8.18. The molecule has 4 rings (SSSR count). The highest BCUT2D eigenvalue weighted by Crippen LogP contribution is 2.36. The lowest BCUT2D eigenvalue weighted by atomic mass is 10.1. The van der Waals surface area contributed by atoms with Crippen molar-refractivity contribution in [3.8, 4) is 11.5 Å². The number of aromatic nitrogens is 2. The zero-order valence-corrected chi connectivity index (χ0v) is 18.6. The Bertz CT molecular complexity index is 1060. The largest absolute Gasteiger partial charge is 0.488 e. The number of ether oxygens (including phenoxy) is 3. The third kappa shape index (κ3) is 5.56. The van der Waals surface area contributed by atoms with Crippen LogP contribution in [0, 0.1) is 5.82 Å². The molecule has 0 bridgehead atoms. The molecule has 2 N–H and O–H groups in total. The maximum atomic E-state index is 13.5. The van der Waals surface area contributed by atoms with Gasteiger partial charge < -0.3 is 24.8 Å². The van der Waals surface area contributed by atoms with E-state index in [9.17, 15) is 4.39 Å². The van der Waals surface area contributed by atoms with Crippen molar-refractivity contribution >= 4 is 34.0 Å². The summed E-state index contributed by atoms with van der Waals surface area (Å²) < 4.78 is 31.3. The predicted octanol–water partition coefficient (Wildman–Crippen LogP) is 4.71. The molecule has 2 heterocycles. The Kier molecular flexibility index (Phi) is 7.57. The van der Waals surface area contributed by atoms with Crippen LogP contribution in [0.15, 0.2) is 36.7 Å². The zero-order chi connectivity index (χ0) is 22.3. The molecule has 0 radical (unpaired) electrons. The first kappa shape index (κ1) is 22.5. The first-order valence-corrected chi connectivity index (χ1v) is 11.1. The monoisotopic (exact) mass is 460 g/mol. The molecule has 1 aromatic heterocycles. The van der Waals surface area contributed by atoms with Gasteiger partial charge in [-0.3, -0.25) is 0 Å². The van der Waals surface area contributed by atoms with Crippen molar-refractivity contribution in [2.75, 3.05) is 38.2 Å². The van der Waals surface area contributed by atoms with E-state index >= 15 is 0 Å². The van der Waals surface area contributed by atoms with Crippen LogP contribution in [0.5, 0.6) is 11.5 Å². The summed E-state index contributed by atoms with van der Waals surface area (Å²) in [7, 11) is 0. The summed E-state index contributed by atoms with van der Waals surface area (Å²) in [4.78, 5) is 8.77. The van der Waals surface area contributed by atoms with E-state index in [2.05, 4.69) is 27.5 Å². The highest BCUT2D eigenvalue weighted by Gasteiger charge is 2.19. The molecule has 170 valence electrons. The maximum absolute atomic E-state index is 13.5. The zero-order valence-electron chi connectivity index (χ0n) is 17.9. The van der Waals surface area contributed by atoms with Gasteiger partial charge in [0.05, 0.1) is 23.8 Å². The highest BCUT2D eigenvalue weighted by molar-refractivity contribution is 6.31. The quantitative estimate of drug-likeness (QED) is 0.448. The Balaban J connectivity index is 1.66. The molecule has 32 heavy (non-hydrogen) atoms. The van der Waals surface area contributed by atoms with Gasteiger partial charge in [0.25, 0.3) is 0 Å². The van der Waals surface area contributed by atoms with E-state index < -0.39 is 5.82 Å². The van der Waals surface area contributed by atoms with Crippen molar-refractivity contribution in [1.82, 2.24) is 15.3 Å². The van der Waals surface area contributed by atoms with Crippen molar-refractivity contribution in [2.45, 2.75) is 25.9 Å². The summed E-state index contributed by atoms with van der Waals surface area (Å²) in [5.41, 5.74) is 1.32. The number of halogens is 2. The van der Waals surface area contributed by atoms with Crippen molar-refractivity contribution in [2.24, 2.45) is 0 Å². The molecular formula is C23H26ClFN4O3. The Morgan fingerprint density at radius 2 is 2.00 bits per heavy atom. The van der Waals surface area contributed by atoms with Crippen LogP contribution in [-0.4, -0.2) is 49.0 Å². The third-order valence-electron chi connectivity index (χ3n) is 5.13. The number of rotatable bonds is 9. The minimum absolute atomic E-state index is 0.0354. The van der Waals surface area contributed by atoms with Crippen molar-refractivity contribution in [3.05, 3.63) is 47.5 Å². The van der Waals surface area contributed by atoms with Gasteiger partial charge in [0, 0.05) is 36.5 Å². The van der Waals surface area contributed by atoms with Gasteiger partial charge in [0.2, 0.25) is 0 Å². The molecular weight excluding hydrogens is 435 g/mol. The average Bonchev–Trinajstić information content (AvgIpc) is 2.80. The number of nitrogens with one attached hydrogen (secondary N) is 2. The summed E-state index contributed by atoms with van der Waals surface area (Å²) in [6.07, 6.45) is 3.16. The molecule has 2 aromatic carbocycles. The van der Waals surface area contributed by atoms with Gasteiger partial charge in [0.1, 0.15) is 30.7 Å². The van der Waals surface area contributed by atoms with Crippen LogP contribution in [0.3, 0.4) is 0 Å². The van der Waals surface area contributed by atoms with Crippen molar-refractivity contribution < 1.29 is 18.6 Å². The van der Waals surface area contributed by atoms with Gasteiger partial charge in [-0.25, -0.2) is 14.4 Å². The smallest absolute Gasteiger partial charge is 0.163 e. The normalized spacial score (nSPS) is 14.5. The standard InChI is InChI=1S/C23H26ClFN4O3/c1-2-26-7-10-31-21-13-20-17(12-22(21)32-16-5-8-30-9-6-16)23(28-14-27-20)29-15-3-4-19(25)18(24)11-15/h3-4,11-14,16,26H,2,5-10H2,1H3,(H,27,28,29). The Labute approximate surface area is 191 Å². The Hall–Kier alpha value is -2.68. The molecule has 1 fully saturated rings. The predicted molar refractivity (Wildman–Crippen MR) is 123 cm³/mol. The Morgan fingerprint density at radius 3 is 2.78 bits per heavy atom. The molecule has 0 atom stereocenters. The van der Waals surface area contributed by atoms with E-state index in [1.54, 1.807) is 6.07 Å². The van der Waals surface area contributed by atoms with Crippen LogP contribution in [-0.2, 0) is 4.74 Å². The topological polar surface area (TPSA) is 77.5 Å². The molecule has 0 saturated carbocycles. The maximum Gasteiger partial charge on any atom is 0.163 e. The Morgan fingerprint density at radius 1 is 1.16 bits per heavy atom. The van der Waals surface area contributed by atoms with Crippen LogP contribution in [0.1, 0.15) is 19.8 Å². The van der Waals surface area contributed by atoms with Crippen LogP contribution in [0.4, 0.5) is 15.9 Å². The first-order chi connectivity index (χ1) is 15.6. The van der Waals surface area contributed by atoms with Gasteiger partial charge in [-0.1, -0.05) is 18.5 Å². The molecule has 7 nitrogen and oxygen atoms in total. The molecule has 0 amide bonds. The van der Waals surface area contributed by atoms with Gasteiger partial charge >= 0.3 is 0 Å². The van der Waals surface area contributed by atoms with Gasteiger partial charge in [-0.2, -0.15) is 0 Å². The number of benzene rings is 2. The van der Waals surface area contributed by atoms with Gasteiger partial charge in [0.15, 0.2) is 11.5 Å². The second-order valence-corrected chi connectivity index (χ2v) is 7.83. The number of hydrogen-bond acceptors (Lipinski definition) is 7. The lowest BCUT2D eigenvalue weighted by Crippen LogP contribution is -2.26. The molecule has 1 saturated heterocycles. The molecule has 9 heteroatoms. The van der Waals surface area contributed by atoms with Crippen LogP contribution in [0.25, 0.3) is 10.9 Å². The van der Waals surface area contributed by atoms with E-state index in [0.717, 1.165) is 31.3 Å². The van der Waals surface area contributed by atoms with Crippen LogP contribution < -0.4 is 20.1 Å². The molecule has 0 unspecified atom stereocenters. The second kappa shape index (κ2) is 10.8. The molecule has 1 aliphatic heterocycles. The molecule has 0 aliphatic carbocycles. The van der Waals surface area contributed by atoms with Gasteiger partial charge in [-0.05, 0) is 30.8 Å². The molecule has 0 spiro atoms. The number of likely N-dealkylation sites (N-methyl/N-ethyl adjacent to an activating group) is 1. The number of hydrogen-bond donors (Lipinski definition) is 2. The number of fused-ring (bicyclic) bond motifs is 1. The van der Waals surface area contributed by atoms with E-state index in [1.807, 2.05) is 12.1 Å². The lowest BCUT2D eigenvalue weighted by Gasteiger charge is -2.25. The van der Waals surface area contributed by atoms with Crippen molar-refractivity contribution in [1.29, 1.82) is 0 Å². The summed E-state index contributed by atoms with van der Waals surface area (Å²) >= 11 is 5.92. The fraction of sp³-hybridized carbons (Fsp3) is 0.391. The number of anilines is 2. The molecule has 1 aliphatic rings. The molecule has 3 aromatic rings. The van der Waals surface area contributed by atoms with Crippen molar-refractivity contribution in [3.63, 3.8) is 0 Å². The fourth-order valence-corrected chi connectivity index (χ4v) is 3.64. The van der Waals surface area contributed by atoms with E-state index in [1.165, 1.54) is 18.5 Å². The summed E-state index contributed by atoms with van der Waals surface area (Å²) in [5, 5.41) is 7.24. The lowest BCUT2D eigenvalue weighted by molar-refractivity contribution is 0.0243. The van der Waals surface area contributed by atoms with E-state index in [0.29, 0.717) is 48.3 Å². The van der Waals surface area contributed by atoms with E-state index in [4.69, 9.17) is 25.8 Å².